The molecule has 4 rings (SSSR count). The summed E-state index contributed by atoms with van der Waals surface area (Å²) in [7, 11) is -3.19. The molecule has 8 nitrogen and oxygen atoms in total. The highest BCUT2D eigenvalue weighted by Gasteiger charge is 2.29. The fourth-order valence-corrected chi connectivity index (χ4v) is 6.49. The molecule has 1 aromatic heterocycles. The standard InChI is InChI=1S/C29H40N4O4S/c1-4-38(36,37)33-10-8-21(9-11-33)27-17-32-28-25(27)13-23(14-26(28)29(30)35)22-7-5-6-20(12-22)15-31-16-24(18-34)19(2)3/h5-7,12-14,17,19,21,24,31-32,34H,4,8-11,15-16,18H2,1-3H3,(H2,30,35)/t24-/m0/s1. The van der Waals surface area contributed by atoms with Crippen LogP contribution in [0.1, 0.15) is 61.0 Å². The summed E-state index contributed by atoms with van der Waals surface area (Å²) in [5.74, 6) is 0.427. The van der Waals surface area contributed by atoms with Crippen molar-refractivity contribution in [3.63, 3.8) is 0 Å². The number of nitrogens with one attached hydrogen (secondary N) is 2. The number of hydrogen-bond donors (Lipinski definition) is 4. The molecule has 1 atom stereocenters. The third-order valence-corrected chi connectivity index (χ3v) is 9.79. The molecule has 0 bridgehead atoms. The number of nitrogens with zero attached hydrogens (tertiary/aromatic N) is 1. The number of hydrogen-bond acceptors (Lipinski definition) is 5. The number of piperidine rings is 1. The number of amides is 1. The van der Waals surface area contributed by atoms with Gasteiger partial charge in [-0.2, -0.15) is 0 Å². The molecule has 1 amide bonds. The van der Waals surface area contributed by atoms with Gasteiger partial charge in [0.2, 0.25) is 10.0 Å². The van der Waals surface area contributed by atoms with E-state index in [1.807, 2.05) is 24.4 Å². The van der Waals surface area contributed by atoms with Gasteiger partial charge in [-0.25, -0.2) is 12.7 Å². The normalized spacial score (nSPS) is 16.3. The van der Waals surface area contributed by atoms with Crippen LogP contribution in [0.5, 0.6) is 0 Å². The van der Waals surface area contributed by atoms with Crippen molar-refractivity contribution >= 4 is 26.8 Å². The van der Waals surface area contributed by atoms with Gasteiger partial charge in [-0.15, -0.1) is 0 Å². The molecule has 38 heavy (non-hydrogen) atoms. The van der Waals surface area contributed by atoms with Crippen molar-refractivity contribution in [1.29, 1.82) is 0 Å². The average Bonchev–Trinajstić information content (AvgIpc) is 3.34. The van der Waals surface area contributed by atoms with E-state index in [1.54, 1.807) is 11.2 Å². The highest BCUT2D eigenvalue weighted by molar-refractivity contribution is 7.89. The molecule has 0 spiro atoms. The number of rotatable bonds is 11. The smallest absolute Gasteiger partial charge is 0.250 e. The molecule has 2 heterocycles. The minimum atomic E-state index is -3.19. The second-order valence-electron chi connectivity index (χ2n) is 10.6. The third kappa shape index (κ3) is 6.12. The van der Waals surface area contributed by atoms with E-state index in [-0.39, 0.29) is 24.2 Å². The molecule has 1 fully saturated rings. The van der Waals surface area contributed by atoms with E-state index in [0.29, 0.717) is 31.1 Å². The first-order valence-corrected chi connectivity index (χ1v) is 15.1. The van der Waals surface area contributed by atoms with Gasteiger partial charge in [0.1, 0.15) is 0 Å². The monoisotopic (exact) mass is 540 g/mol. The van der Waals surface area contributed by atoms with E-state index in [9.17, 15) is 18.3 Å². The van der Waals surface area contributed by atoms with Crippen LogP contribution in [0, 0.1) is 11.8 Å². The Bertz CT molecular complexity index is 1370. The quantitative estimate of drug-likeness (QED) is 0.294. The zero-order valence-electron chi connectivity index (χ0n) is 22.5. The van der Waals surface area contributed by atoms with Gasteiger partial charge in [0, 0.05) is 44.4 Å². The maximum absolute atomic E-state index is 12.4. The lowest BCUT2D eigenvalue weighted by molar-refractivity contribution is 0.100. The minimum absolute atomic E-state index is 0.115. The fraction of sp³-hybridized carbons (Fsp3) is 0.483. The number of carbonyl (C=O) groups is 1. The number of nitrogens with two attached hydrogens (primary N) is 1. The van der Waals surface area contributed by atoms with Gasteiger partial charge in [0.25, 0.3) is 5.91 Å². The summed E-state index contributed by atoms with van der Waals surface area (Å²) in [5, 5.41) is 14.0. The highest BCUT2D eigenvalue weighted by atomic mass is 32.2. The molecule has 1 aliphatic rings. The number of aliphatic hydroxyl groups is 1. The van der Waals surface area contributed by atoms with E-state index in [4.69, 9.17) is 5.73 Å². The van der Waals surface area contributed by atoms with Gasteiger partial charge >= 0.3 is 0 Å². The molecule has 0 unspecified atom stereocenters. The molecule has 2 aromatic carbocycles. The van der Waals surface area contributed by atoms with Crippen LogP contribution in [0.15, 0.2) is 42.6 Å². The van der Waals surface area contributed by atoms with Crippen LogP contribution in [0.4, 0.5) is 0 Å². The predicted molar refractivity (Wildman–Crippen MR) is 152 cm³/mol. The lowest BCUT2D eigenvalue weighted by atomic mass is 9.88. The van der Waals surface area contributed by atoms with E-state index in [0.717, 1.165) is 52.5 Å². The van der Waals surface area contributed by atoms with Crippen molar-refractivity contribution in [2.24, 2.45) is 17.6 Å². The van der Waals surface area contributed by atoms with Crippen LogP contribution >= 0.6 is 0 Å². The van der Waals surface area contributed by atoms with Crippen LogP contribution < -0.4 is 11.1 Å². The highest BCUT2D eigenvalue weighted by Crippen LogP contribution is 2.37. The predicted octanol–water partition coefficient (Wildman–Crippen LogP) is 3.82. The third-order valence-electron chi connectivity index (χ3n) is 7.91. The Balaban J connectivity index is 1.61. The van der Waals surface area contributed by atoms with Crippen LogP contribution in [0.3, 0.4) is 0 Å². The second-order valence-corrected chi connectivity index (χ2v) is 12.9. The summed E-state index contributed by atoms with van der Waals surface area (Å²) in [5.41, 5.74) is 11.1. The SMILES string of the molecule is CCS(=O)(=O)N1CCC(c2c[nH]c3c(C(N)=O)cc(-c4cccc(CNC[C@@H](CO)C(C)C)c4)cc23)CC1. The average molecular weight is 541 g/mol. The number of aliphatic hydroxyl groups excluding tert-OH is 1. The number of fused-ring (bicyclic) bond motifs is 1. The Hall–Kier alpha value is -2.72. The van der Waals surface area contributed by atoms with Gasteiger partial charge in [0.15, 0.2) is 0 Å². The summed E-state index contributed by atoms with van der Waals surface area (Å²) < 4.78 is 26.2. The van der Waals surface area contributed by atoms with Crippen LogP contribution in [0.25, 0.3) is 22.0 Å². The molecule has 1 aliphatic heterocycles. The molecule has 0 saturated carbocycles. The maximum Gasteiger partial charge on any atom is 0.250 e. The molecule has 1 saturated heterocycles. The van der Waals surface area contributed by atoms with E-state index < -0.39 is 15.9 Å². The van der Waals surface area contributed by atoms with Crippen molar-refractivity contribution in [2.45, 2.75) is 46.1 Å². The summed E-state index contributed by atoms with van der Waals surface area (Å²) in [6.07, 6.45) is 3.41. The summed E-state index contributed by atoms with van der Waals surface area (Å²) in [6, 6.07) is 12.2. The van der Waals surface area contributed by atoms with Gasteiger partial charge in [0.05, 0.1) is 16.8 Å². The number of aromatic nitrogens is 1. The number of sulfonamides is 1. The first-order chi connectivity index (χ1) is 18.1. The number of H-pyrrole nitrogens is 1. The summed E-state index contributed by atoms with van der Waals surface area (Å²) in [6.45, 7) is 8.47. The summed E-state index contributed by atoms with van der Waals surface area (Å²) in [4.78, 5) is 15.7. The van der Waals surface area contributed by atoms with E-state index >= 15 is 0 Å². The Morgan fingerprint density at radius 3 is 2.55 bits per heavy atom. The second kappa shape index (κ2) is 12.0. The van der Waals surface area contributed by atoms with E-state index in [2.05, 4.69) is 42.3 Å². The molecule has 3 aromatic rings. The Morgan fingerprint density at radius 2 is 1.92 bits per heavy atom. The van der Waals surface area contributed by atoms with Gasteiger partial charge in [-0.1, -0.05) is 32.0 Å². The van der Waals surface area contributed by atoms with Gasteiger partial charge < -0.3 is 21.1 Å². The summed E-state index contributed by atoms with van der Waals surface area (Å²) >= 11 is 0. The molecule has 0 radical (unpaired) electrons. The first kappa shape index (κ1) is 28.3. The van der Waals surface area contributed by atoms with Crippen LogP contribution in [-0.2, 0) is 16.6 Å². The maximum atomic E-state index is 12.4. The lowest BCUT2D eigenvalue weighted by Crippen LogP contribution is -2.38. The largest absolute Gasteiger partial charge is 0.396 e. The van der Waals surface area contributed by atoms with Crippen LogP contribution in [-0.4, -0.2) is 60.7 Å². The zero-order chi connectivity index (χ0) is 27.4. The Morgan fingerprint density at radius 1 is 1.18 bits per heavy atom. The van der Waals surface area contributed by atoms with E-state index in [1.165, 1.54) is 0 Å². The molecular formula is C29H40N4O4S. The number of benzene rings is 2. The van der Waals surface area contributed by atoms with Crippen molar-refractivity contribution in [1.82, 2.24) is 14.6 Å². The molecule has 9 heteroatoms. The molecule has 5 N–H and O–H groups in total. The lowest BCUT2D eigenvalue weighted by Gasteiger charge is -2.31. The molecule has 206 valence electrons. The van der Waals surface area contributed by atoms with Crippen molar-refractivity contribution in [2.75, 3.05) is 32.0 Å². The molecular weight excluding hydrogens is 500 g/mol. The van der Waals surface area contributed by atoms with Crippen molar-refractivity contribution in [3.8, 4) is 11.1 Å². The topological polar surface area (TPSA) is 129 Å². The van der Waals surface area contributed by atoms with Crippen molar-refractivity contribution in [3.05, 3.63) is 59.3 Å². The van der Waals surface area contributed by atoms with Crippen molar-refractivity contribution < 1.29 is 18.3 Å². The minimum Gasteiger partial charge on any atom is -0.396 e. The zero-order valence-corrected chi connectivity index (χ0v) is 23.4. The van der Waals surface area contributed by atoms with Crippen LogP contribution in [0.2, 0.25) is 0 Å². The first-order valence-electron chi connectivity index (χ1n) is 13.5. The number of primary amides is 1. The Kier molecular flexibility index (Phi) is 8.92. The Labute approximate surface area is 225 Å². The fourth-order valence-electron chi connectivity index (χ4n) is 5.35. The van der Waals surface area contributed by atoms with Gasteiger partial charge in [-0.05, 0) is 78.0 Å². The molecule has 0 aliphatic carbocycles. The number of carbonyl (C=O) groups excluding carboxylic acids is 1. The van der Waals surface area contributed by atoms with Gasteiger partial charge in [-0.3, -0.25) is 4.79 Å². The number of aromatic amines is 1.